The molecule has 3 fully saturated rings. The van der Waals surface area contributed by atoms with Gasteiger partial charge < -0.3 is 16.0 Å². The molecule has 29 heavy (non-hydrogen) atoms. The number of hydrogen-bond donors (Lipinski definition) is 3. The predicted octanol–water partition coefficient (Wildman–Crippen LogP) is 1.73. The van der Waals surface area contributed by atoms with E-state index in [0.29, 0.717) is 31.6 Å². The monoisotopic (exact) mass is 404 g/mol. The topological polar surface area (TPSA) is 128 Å². The number of carbonyl (C=O) groups excluding carboxylic acids is 2. The van der Waals surface area contributed by atoms with Crippen LogP contribution in [-0.2, 0) is 9.59 Å². The van der Waals surface area contributed by atoms with E-state index in [1.807, 2.05) is 0 Å². The van der Waals surface area contributed by atoms with Crippen molar-refractivity contribution in [3.8, 4) is 6.07 Å². The van der Waals surface area contributed by atoms with Gasteiger partial charge in [0.05, 0.1) is 12.6 Å². The van der Waals surface area contributed by atoms with Crippen molar-refractivity contribution in [1.82, 2.24) is 15.2 Å². The lowest BCUT2D eigenvalue weighted by molar-refractivity contribution is -0.133. The fraction of sp³-hybridized carbons (Fsp3) is 0.762. The molecule has 5 N–H and O–H groups in total. The van der Waals surface area contributed by atoms with Crippen molar-refractivity contribution in [1.29, 1.82) is 5.26 Å². The fourth-order valence-electron chi connectivity index (χ4n) is 3.74. The zero-order valence-corrected chi connectivity index (χ0v) is 17.7. The van der Waals surface area contributed by atoms with Gasteiger partial charge in [-0.05, 0) is 25.7 Å². The summed E-state index contributed by atoms with van der Waals surface area (Å²) in [6, 6.07) is 2.17. The third kappa shape index (κ3) is 7.24. The van der Waals surface area contributed by atoms with Gasteiger partial charge in [-0.1, -0.05) is 38.5 Å². The highest BCUT2D eigenvalue weighted by atomic mass is 16.2. The quantitative estimate of drug-likeness (QED) is 0.473. The molecule has 2 saturated carbocycles. The Morgan fingerprint density at radius 3 is 2.10 bits per heavy atom. The van der Waals surface area contributed by atoms with E-state index in [-0.39, 0.29) is 24.3 Å². The minimum Gasteiger partial charge on any atom is -0.399 e. The van der Waals surface area contributed by atoms with Gasteiger partial charge in [-0.15, -0.1) is 0 Å². The van der Waals surface area contributed by atoms with Crippen molar-refractivity contribution in [2.75, 3.05) is 19.6 Å². The summed E-state index contributed by atoms with van der Waals surface area (Å²) in [6.45, 7) is 2.96. The van der Waals surface area contributed by atoms with Gasteiger partial charge in [0.1, 0.15) is 5.54 Å². The van der Waals surface area contributed by atoms with E-state index in [4.69, 9.17) is 16.8 Å². The van der Waals surface area contributed by atoms with Gasteiger partial charge in [0.25, 0.3) is 0 Å². The molecular weight excluding hydrogens is 368 g/mol. The Kier molecular flexibility index (Phi) is 8.77. The number of hydrogen-bond acceptors (Lipinski definition) is 6. The average molecular weight is 405 g/mol. The summed E-state index contributed by atoms with van der Waals surface area (Å²) in [5.41, 5.74) is 5.63. The summed E-state index contributed by atoms with van der Waals surface area (Å²) in [7, 11) is 0. The van der Waals surface area contributed by atoms with Crippen LogP contribution in [0.3, 0.4) is 0 Å². The minimum atomic E-state index is -0.631. The van der Waals surface area contributed by atoms with Crippen LogP contribution in [0.5, 0.6) is 0 Å². The number of nitrogens with zero attached hydrogens (tertiary/aromatic N) is 3. The van der Waals surface area contributed by atoms with E-state index >= 15 is 0 Å². The molecule has 8 heteroatoms. The summed E-state index contributed by atoms with van der Waals surface area (Å²) in [4.78, 5) is 25.2. The Morgan fingerprint density at radius 2 is 1.69 bits per heavy atom. The number of rotatable bonds is 5. The third-order valence-electron chi connectivity index (χ3n) is 6.01. The van der Waals surface area contributed by atoms with Crippen LogP contribution in [0.15, 0.2) is 11.9 Å². The lowest BCUT2D eigenvalue weighted by Gasteiger charge is -2.30. The lowest BCUT2D eigenvalue weighted by Crippen LogP contribution is -2.43. The van der Waals surface area contributed by atoms with Crippen LogP contribution in [0.4, 0.5) is 0 Å². The van der Waals surface area contributed by atoms with E-state index in [9.17, 15) is 9.59 Å². The number of carbonyl (C=O) groups is 2. The van der Waals surface area contributed by atoms with Gasteiger partial charge in [-0.2, -0.15) is 5.26 Å². The van der Waals surface area contributed by atoms with E-state index in [1.54, 1.807) is 11.8 Å². The molecule has 162 valence electrons. The van der Waals surface area contributed by atoms with Crippen LogP contribution in [0, 0.1) is 17.2 Å². The highest BCUT2D eigenvalue weighted by molar-refractivity contribution is 5.79. The van der Waals surface area contributed by atoms with Crippen molar-refractivity contribution in [2.24, 2.45) is 17.5 Å². The maximum absolute atomic E-state index is 12.1. The number of amides is 2. The smallest absolute Gasteiger partial charge is 0.223 e. The molecule has 1 heterocycles. The number of nitrogens with one attached hydrogen (secondary N) is 1. The van der Waals surface area contributed by atoms with Gasteiger partial charge in [0.2, 0.25) is 11.8 Å². The first-order valence-corrected chi connectivity index (χ1v) is 10.8. The van der Waals surface area contributed by atoms with Crippen molar-refractivity contribution in [3.05, 3.63) is 11.9 Å². The molecule has 2 amide bonds. The molecular formula is C21H36N6O2. The Hall–Kier alpha value is -2.27. The Bertz CT molecular complexity index is 614. The van der Waals surface area contributed by atoms with Crippen LogP contribution in [0.2, 0.25) is 0 Å². The molecule has 0 bridgehead atoms. The predicted molar refractivity (Wildman–Crippen MR) is 112 cm³/mol. The summed E-state index contributed by atoms with van der Waals surface area (Å²) in [5, 5.41) is 13.2. The first kappa shape index (κ1) is 23.0. The Balaban J connectivity index is 0.000000426. The Morgan fingerprint density at radius 1 is 1.17 bits per heavy atom. The molecule has 3 aliphatic rings. The van der Waals surface area contributed by atoms with Crippen LogP contribution in [0.25, 0.3) is 0 Å². The highest BCUT2D eigenvalue weighted by Crippen LogP contribution is 2.39. The number of nitriles is 1. The van der Waals surface area contributed by atoms with Gasteiger partial charge in [0, 0.05) is 37.8 Å². The van der Waals surface area contributed by atoms with E-state index < -0.39 is 5.54 Å². The molecule has 0 aromatic carbocycles. The van der Waals surface area contributed by atoms with E-state index in [2.05, 4.69) is 11.4 Å². The SMILES string of the molecule is C1CCCCC1.CC(=O)N1CCC(C(=O)NC/C(N)=C/N(N)C2(C#N)CC2)CC1. The summed E-state index contributed by atoms with van der Waals surface area (Å²) in [5.74, 6) is 5.71. The highest BCUT2D eigenvalue weighted by Gasteiger charge is 2.47. The molecule has 1 aliphatic heterocycles. The molecule has 0 unspecified atom stereocenters. The van der Waals surface area contributed by atoms with E-state index in [1.165, 1.54) is 49.7 Å². The molecule has 8 nitrogen and oxygen atoms in total. The summed E-state index contributed by atoms with van der Waals surface area (Å²) < 4.78 is 0. The van der Waals surface area contributed by atoms with Crippen molar-refractivity contribution in [2.45, 2.75) is 76.7 Å². The van der Waals surface area contributed by atoms with Gasteiger partial charge in [-0.25, -0.2) is 5.84 Å². The molecule has 0 atom stereocenters. The first-order chi connectivity index (χ1) is 13.9. The Labute approximate surface area is 174 Å². The average Bonchev–Trinajstić information content (AvgIpc) is 3.55. The van der Waals surface area contributed by atoms with Gasteiger partial charge in [0.15, 0.2) is 0 Å². The molecule has 0 aromatic rings. The lowest BCUT2D eigenvalue weighted by atomic mass is 9.96. The molecule has 3 rings (SSSR count). The molecule has 0 spiro atoms. The number of nitrogens with two attached hydrogens (primary N) is 2. The van der Waals surface area contributed by atoms with Crippen molar-refractivity contribution >= 4 is 11.8 Å². The van der Waals surface area contributed by atoms with Crippen molar-refractivity contribution in [3.63, 3.8) is 0 Å². The van der Waals surface area contributed by atoms with E-state index in [0.717, 1.165) is 12.8 Å². The fourth-order valence-corrected chi connectivity index (χ4v) is 3.74. The first-order valence-electron chi connectivity index (χ1n) is 10.8. The largest absolute Gasteiger partial charge is 0.399 e. The number of likely N-dealkylation sites (tertiary alicyclic amines) is 1. The third-order valence-corrected chi connectivity index (χ3v) is 6.01. The van der Waals surface area contributed by atoms with Crippen LogP contribution in [0.1, 0.15) is 71.1 Å². The van der Waals surface area contributed by atoms with Gasteiger partial charge >= 0.3 is 0 Å². The normalized spacial score (nSPS) is 21.3. The second kappa shape index (κ2) is 11.1. The minimum absolute atomic E-state index is 0.0468. The molecule has 1 saturated heterocycles. The van der Waals surface area contributed by atoms with Crippen LogP contribution < -0.4 is 16.9 Å². The van der Waals surface area contributed by atoms with Crippen LogP contribution >= 0.6 is 0 Å². The molecule has 0 radical (unpaired) electrons. The summed E-state index contributed by atoms with van der Waals surface area (Å²) in [6.07, 6.45) is 13.3. The molecule has 0 aromatic heterocycles. The maximum atomic E-state index is 12.1. The summed E-state index contributed by atoms with van der Waals surface area (Å²) >= 11 is 0. The molecule has 2 aliphatic carbocycles. The standard InChI is InChI=1S/C15H24N6O2.C6H12/c1-11(22)20-6-2-12(3-7-20)14(23)19-8-13(17)9-21(18)15(10-16)4-5-15;1-2-4-6-5-3-1/h9,12H,2-8,17-18H2,1H3,(H,19,23);1-6H2/b13-9-;. The maximum Gasteiger partial charge on any atom is 0.223 e. The van der Waals surface area contributed by atoms with Crippen molar-refractivity contribution < 1.29 is 9.59 Å². The number of hydrazine groups is 1. The second-order valence-electron chi connectivity index (χ2n) is 8.37. The zero-order chi connectivity index (χ0) is 21.3. The zero-order valence-electron chi connectivity index (χ0n) is 17.7. The number of piperidine rings is 1. The van der Waals surface area contributed by atoms with Gasteiger partial charge in [-0.3, -0.25) is 14.6 Å². The van der Waals surface area contributed by atoms with Crippen LogP contribution in [-0.4, -0.2) is 46.9 Å². The second-order valence-corrected chi connectivity index (χ2v) is 8.37.